The van der Waals surface area contributed by atoms with Gasteiger partial charge in [-0.2, -0.15) is 0 Å². The molecule has 0 aromatic carbocycles. The molecule has 0 N–H and O–H groups in total. The van der Waals surface area contributed by atoms with E-state index in [1.807, 2.05) is 0 Å². The van der Waals surface area contributed by atoms with Crippen molar-refractivity contribution in [3.8, 4) is 0 Å². The molecule has 18 heavy (non-hydrogen) atoms. The minimum absolute atomic E-state index is 0.960. The van der Waals surface area contributed by atoms with Crippen LogP contribution < -0.4 is 0 Å². The fraction of sp³-hybridized carbons (Fsp3) is 1.00. The highest BCUT2D eigenvalue weighted by atomic mass is 14.1. The second-order valence-electron chi connectivity index (χ2n) is 6.30. The Morgan fingerprint density at radius 3 is 1.89 bits per heavy atom. The van der Waals surface area contributed by atoms with Crippen LogP contribution in [0, 0.1) is 11.8 Å². The van der Waals surface area contributed by atoms with Crippen LogP contribution in [-0.2, 0) is 0 Å². The molecule has 0 saturated heterocycles. The van der Waals surface area contributed by atoms with Crippen molar-refractivity contribution in [2.24, 2.45) is 11.8 Å². The quantitative estimate of drug-likeness (QED) is 0.311. The number of hydrogen-bond donors (Lipinski definition) is 0. The van der Waals surface area contributed by atoms with Crippen molar-refractivity contribution in [3.63, 3.8) is 0 Å². The molecule has 0 nitrogen and oxygen atoms in total. The Hall–Kier alpha value is 0. The van der Waals surface area contributed by atoms with Gasteiger partial charge in [-0.3, -0.25) is 0 Å². The molecule has 0 bridgehead atoms. The third kappa shape index (κ3) is 11.1. The highest BCUT2D eigenvalue weighted by molar-refractivity contribution is 4.61. The molecule has 110 valence electrons. The largest absolute Gasteiger partial charge is 0.0654 e. The summed E-state index contributed by atoms with van der Waals surface area (Å²) in [5, 5.41) is 0. The fourth-order valence-electron chi connectivity index (χ4n) is 2.81. The van der Waals surface area contributed by atoms with E-state index in [2.05, 4.69) is 27.7 Å². The van der Waals surface area contributed by atoms with Crippen molar-refractivity contribution in [2.75, 3.05) is 0 Å². The first-order valence-electron chi connectivity index (χ1n) is 8.74. The topological polar surface area (TPSA) is 0 Å². The summed E-state index contributed by atoms with van der Waals surface area (Å²) in [6.45, 7) is 9.44. The van der Waals surface area contributed by atoms with Crippen LogP contribution >= 0.6 is 0 Å². The Morgan fingerprint density at radius 2 is 1.28 bits per heavy atom. The normalized spacial score (nSPS) is 14.7. The van der Waals surface area contributed by atoms with Crippen LogP contribution in [-0.4, -0.2) is 0 Å². The Labute approximate surface area is 117 Å². The first-order chi connectivity index (χ1) is 8.74. The molecule has 0 aliphatic carbocycles. The first kappa shape index (κ1) is 18.0. The molecule has 2 atom stereocenters. The Kier molecular flexibility index (Phi) is 13.4. The third-order valence-corrected chi connectivity index (χ3v) is 4.41. The van der Waals surface area contributed by atoms with Gasteiger partial charge in [0.1, 0.15) is 0 Å². The van der Waals surface area contributed by atoms with Crippen LogP contribution in [0.2, 0.25) is 0 Å². The van der Waals surface area contributed by atoms with Gasteiger partial charge in [0.25, 0.3) is 0 Å². The van der Waals surface area contributed by atoms with Gasteiger partial charge < -0.3 is 0 Å². The average Bonchev–Trinajstić information content (AvgIpc) is 2.39. The lowest BCUT2D eigenvalue weighted by Gasteiger charge is -2.17. The van der Waals surface area contributed by atoms with Gasteiger partial charge in [-0.05, 0) is 11.8 Å². The number of rotatable bonds is 13. The van der Waals surface area contributed by atoms with Gasteiger partial charge in [-0.15, -0.1) is 0 Å². The summed E-state index contributed by atoms with van der Waals surface area (Å²) in [7, 11) is 0. The SMILES string of the molecule is CCCCCCCC(C)CCC(CC)CCCC. The minimum Gasteiger partial charge on any atom is -0.0654 e. The molecular weight excluding hydrogens is 216 g/mol. The summed E-state index contributed by atoms with van der Waals surface area (Å²) >= 11 is 0. The molecule has 0 aromatic heterocycles. The highest BCUT2D eigenvalue weighted by Crippen LogP contribution is 2.23. The third-order valence-electron chi connectivity index (χ3n) is 4.41. The molecule has 0 aliphatic heterocycles. The smallest absolute Gasteiger partial charge is 0.0417 e. The standard InChI is InChI=1S/C18H38/c1-5-8-10-11-12-13-17(4)15-16-18(7-3)14-9-6-2/h17-18H,5-16H2,1-4H3. The number of unbranched alkanes of at least 4 members (excludes halogenated alkanes) is 5. The predicted octanol–water partition coefficient (Wildman–Crippen LogP) is 6.98. The molecule has 0 aliphatic rings. The molecule has 0 amide bonds. The number of hydrogen-bond acceptors (Lipinski definition) is 0. The van der Waals surface area contributed by atoms with Gasteiger partial charge in [0.2, 0.25) is 0 Å². The van der Waals surface area contributed by atoms with Gasteiger partial charge in [0.15, 0.2) is 0 Å². The van der Waals surface area contributed by atoms with Gasteiger partial charge in [0.05, 0.1) is 0 Å². The second kappa shape index (κ2) is 13.4. The lowest BCUT2D eigenvalue weighted by atomic mass is 9.89. The summed E-state index contributed by atoms with van der Waals surface area (Å²) in [6.07, 6.45) is 17.3. The second-order valence-corrected chi connectivity index (χ2v) is 6.30. The Bertz CT molecular complexity index is 150. The van der Waals surface area contributed by atoms with Crippen molar-refractivity contribution in [1.82, 2.24) is 0 Å². The van der Waals surface area contributed by atoms with Crippen LogP contribution in [0.15, 0.2) is 0 Å². The molecule has 2 unspecified atom stereocenters. The Morgan fingerprint density at radius 1 is 0.611 bits per heavy atom. The van der Waals surface area contributed by atoms with E-state index in [9.17, 15) is 0 Å². The maximum Gasteiger partial charge on any atom is -0.0417 e. The molecule has 0 fully saturated rings. The summed E-state index contributed by atoms with van der Waals surface area (Å²) in [5.74, 6) is 1.97. The van der Waals surface area contributed by atoms with E-state index in [0.29, 0.717) is 0 Å². The zero-order chi connectivity index (χ0) is 13.6. The maximum atomic E-state index is 2.46. The Balaban J connectivity index is 3.45. The zero-order valence-corrected chi connectivity index (χ0v) is 13.6. The van der Waals surface area contributed by atoms with Crippen molar-refractivity contribution in [3.05, 3.63) is 0 Å². The van der Waals surface area contributed by atoms with Crippen LogP contribution in [0.3, 0.4) is 0 Å². The lowest BCUT2D eigenvalue weighted by molar-refractivity contribution is 0.356. The van der Waals surface area contributed by atoms with E-state index >= 15 is 0 Å². The average molecular weight is 255 g/mol. The highest BCUT2D eigenvalue weighted by Gasteiger charge is 2.08. The van der Waals surface area contributed by atoms with Gasteiger partial charge >= 0.3 is 0 Å². The van der Waals surface area contributed by atoms with Crippen LogP contribution in [0.4, 0.5) is 0 Å². The van der Waals surface area contributed by atoms with E-state index in [1.165, 1.54) is 77.0 Å². The molecular formula is C18H38. The molecule has 0 heteroatoms. The summed E-state index contributed by atoms with van der Waals surface area (Å²) in [6, 6.07) is 0. The molecule has 0 rings (SSSR count). The maximum absolute atomic E-state index is 2.46. The van der Waals surface area contributed by atoms with Gasteiger partial charge in [-0.25, -0.2) is 0 Å². The lowest BCUT2D eigenvalue weighted by Crippen LogP contribution is -2.03. The molecule has 0 radical (unpaired) electrons. The molecule has 0 saturated carbocycles. The van der Waals surface area contributed by atoms with Gasteiger partial charge in [0, 0.05) is 0 Å². The first-order valence-corrected chi connectivity index (χ1v) is 8.74. The van der Waals surface area contributed by atoms with Crippen molar-refractivity contribution >= 4 is 0 Å². The van der Waals surface area contributed by atoms with E-state index in [4.69, 9.17) is 0 Å². The molecule has 0 aromatic rings. The van der Waals surface area contributed by atoms with Crippen molar-refractivity contribution in [2.45, 2.75) is 105 Å². The van der Waals surface area contributed by atoms with Crippen LogP contribution in [0.25, 0.3) is 0 Å². The van der Waals surface area contributed by atoms with Gasteiger partial charge in [-0.1, -0.05) is 105 Å². The zero-order valence-electron chi connectivity index (χ0n) is 13.6. The van der Waals surface area contributed by atoms with E-state index in [-0.39, 0.29) is 0 Å². The minimum atomic E-state index is 0.960. The summed E-state index contributed by atoms with van der Waals surface area (Å²) in [5.41, 5.74) is 0. The van der Waals surface area contributed by atoms with E-state index in [0.717, 1.165) is 11.8 Å². The predicted molar refractivity (Wildman–Crippen MR) is 85.1 cm³/mol. The van der Waals surface area contributed by atoms with Crippen LogP contribution in [0.1, 0.15) is 105 Å². The van der Waals surface area contributed by atoms with Crippen molar-refractivity contribution < 1.29 is 0 Å². The summed E-state index contributed by atoms with van der Waals surface area (Å²) < 4.78 is 0. The molecule has 0 spiro atoms. The monoisotopic (exact) mass is 254 g/mol. The van der Waals surface area contributed by atoms with Crippen LogP contribution in [0.5, 0.6) is 0 Å². The van der Waals surface area contributed by atoms with Crippen molar-refractivity contribution in [1.29, 1.82) is 0 Å². The molecule has 0 heterocycles. The summed E-state index contributed by atoms with van der Waals surface area (Å²) in [4.78, 5) is 0. The fourth-order valence-corrected chi connectivity index (χ4v) is 2.81. The van der Waals surface area contributed by atoms with E-state index < -0.39 is 0 Å². The van der Waals surface area contributed by atoms with E-state index in [1.54, 1.807) is 0 Å².